The van der Waals surface area contributed by atoms with Gasteiger partial charge in [0.15, 0.2) is 0 Å². The van der Waals surface area contributed by atoms with Crippen LogP contribution >= 0.6 is 0 Å². The van der Waals surface area contributed by atoms with E-state index in [1.807, 2.05) is 38.4 Å². The monoisotopic (exact) mass is 240 g/mol. The minimum absolute atomic E-state index is 0.0685. The lowest BCUT2D eigenvalue weighted by molar-refractivity contribution is 0.535. The van der Waals surface area contributed by atoms with Gasteiger partial charge in [-0.2, -0.15) is 0 Å². The van der Waals surface area contributed by atoms with Crippen molar-refractivity contribution >= 4 is 0 Å². The molecule has 0 radical (unpaired) electrons. The molecule has 0 aromatic carbocycles. The molecular weight excluding hydrogens is 215 g/mol. The van der Waals surface area contributed by atoms with Crippen molar-refractivity contribution in [2.45, 2.75) is 39.7 Å². The third kappa shape index (κ3) is 6.95. The van der Waals surface area contributed by atoms with E-state index in [9.17, 15) is 4.39 Å². The SMILES string of the molecule is C/C=C/C=C\NC(CCC)/C(CNC)=C(\C)F. The molecule has 0 amide bonds. The predicted molar refractivity (Wildman–Crippen MR) is 73.5 cm³/mol. The first-order valence-corrected chi connectivity index (χ1v) is 6.20. The maximum absolute atomic E-state index is 13.5. The van der Waals surface area contributed by atoms with Crippen LogP contribution in [0.25, 0.3) is 0 Å². The van der Waals surface area contributed by atoms with Gasteiger partial charge in [0, 0.05) is 6.54 Å². The molecule has 0 aliphatic carbocycles. The van der Waals surface area contributed by atoms with Crippen LogP contribution < -0.4 is 10.6 Å². The summed E-state index contributed by atoms with van der Waals surface area (Å²) in [4.78, 5) is 0. The molecule has 2 nitrogen and oxygen atoms in total. The van der Waals surface area contributed by atoms with Crippen LogP contribution in [0.1, 0.15) is 33.6 Å². The van der Waals surface area contributed by atoms with Crippen LogP contribution in [0.15, 0.2) is 35.8 Å². The number of hydrogen-bond donors (Lipinski definition) is 2. The molecule has 2 N–H and O–H groups in total. The van der Waals surface area contributed by atoms with E-state index in [1.54, 1.807) is 0 Å². The normalized spacial score (nSPS) is 15.4. The van der Waals surface area contributed by atoms with Gasteiger partial charge in [-0.05, 0) is 45.2 Å². The lowest BCUT2D eigenvalue weighted by Gasteiger charge is -2.20. The average Bonchev–Trinajstić information content (AvgIpc) is 2.30. The van der Waals surface area contributed by atoms with E-state index < -0.39 is 0 Å². The van der Waals surface area contributed by atoms with E-state index in [0.29, 0.717) is 6.54 Å². The lowest BCUT2D eigenvalue weighted by Crippen LogP contribution is -2.31. The van der Waals surface area contributed by atoms with Gasteiger partial charge in [-0.1, -0.05) is 25.5 Å². The van der Waals surface area contributed by atoms with E-state index in [2.05, 4.69) is 17.6 Å². The highest BCUT2D eigenvalue weighted by molar-refractivity contribution is 5.17. The second-order valence-electron chi connectivity index (χ2n) is 3.98. The molecule has 1 atom stereocenters. The summed E-state index contributed by atoms with van der Waals surface area (Å²) in [6.07, 6.45) is 9.65. The molecule has 0 spiro atoms. The summed E-state index contributed by atoms with van der Waals surface area (Å²) >= 11 is 0. The van der Waals surface area contributed by atoms with Crippen LogP contribution in [0, 0.1) is 0 Å². The van der Waals surface area contributed by atoms with Crippen molar-refractivity contribution in [2.75, 3.05) is 13.6 Å². The van der Waals surface area contributed by atoms with Crippen LogP contribution in [0.3, 0.4) is 0 Å². The largest absolute Gasteiger partial charge is 0.384 e. The number of likely N-dealkylation sites (N-methyl/N-ethyl adjacent to an activating group) is 1. The zero-order chi connectivity index (χ0) is 13.1. The van der Waals surface area contributed by atoms with Crippen LogP contribution in [-0.2, 0) is 0 Å². The Morgan fingerprint density at radius 2 is 2.06 bits per heavy atom. The summed E-state index contributed by atoms with van der Waals surface area (Å²) in [5.74, 6) is -0.0928. The van der Waals surface area contributed by atoms with E-state index in [-0.39, 0.29) is 11.9 Å². The van der Waals surface area contributed by atoms with Gasteiger partial charge in [0.2, 0.25) is 0 Å². The third-order valence-corrected chi connectivity index (χ3v) is 2.50. The minimum atomic E-state index is -0.0928. The van der Waals surface area contributed by atoms with Gasteiger partial charge in [0.1, 0.15) is 0 Å². The van der Waals surface area contributed by atoms with Crippen LogP contribution in [0.4, 0.5) is 4.39 Å². The Kier molecular flexibility index (Phi) is 9.44. The van der Waals surface area contributed by atoms with Crippen molar-refractivity contribution in [1.29, 1.82) is 0 Å². The van der Waals surface area contributed by atoms with Crippen molar-refractivity contribution < 1.29 is 4.39 Å². The van der Waals surface area contributed by atoms with Gasteiger partial charge in [-0.3, -0.25) is 0 Å². The maximum atomic E-state index is 13.5. The molecule has 0 aromatic rings. The number of halogens is 1. The number of hydrogen-bond acceptors (Lipinski definition) is 2. The molecule has 0 aliphatic rings. The first-order valence-electron chi connectivity index (χ1n) is 6.20. The van der Waals surface area contributed by atoms with Crippen molar-refractivity contribution in [2.24, 2.45) is 0 Å². The molecule has 0 rings (SSSR count). The van der Waals surface area contributed by atoms with Crippen molar-refractivity contribution in [3.63, 3.8) is 0 Å². The topological polar surface area (TPSA) is 24.1 Å². The Labute approximate surface area is 105 Å². The molecule has 3 heteroatoms. The van der Waals surface area contributed by atoms with E-state index in [1.165, 1.54) is 6.92 Å². The maximum Gasteiger partial charge on any atom is 0.0994 e. The molecule has 0 fully saturated rings. The van der Waals surface area contributed by atoms with Gasteiger partial charge >= 0.3 is 0 Å². The summed E-state index contributed by atoms with van der Waals surface area (Å²) in [6.45, 7) is 6.17. The zero-order valence-electron chi connectivity index (χ0n) is 11.4. The summed E-state index contributed by atoms with van der Waals surface area (Å²) < 4.78 is 13.5. The second-order valence-corrected chi connectivity index (χ2v) is 3.98. The Hall–Kier alpha value is -1.09. The van der Waals surface area contributed by atoms with Crippen LogP contribution in [-0.4, -0.2) is 19.6 Å². The standard InChI is InChI=1S/C14H25FN2/c1-5-7-8-10-17-14(9-6-2)13(11-16-4)12(3)15/h5,7-8,10,14,16-17H,6,9,11H2,1-4H3/b7-5+,10-8-,13-12+. The molecule has 0 saturated carbocycles. The fourth-order valence-electron chi connectivity index (χ4n) is 1.66. The molecule has 17 heavy (non-hydrogen) atoms. The van der Waals surface area contributed by atoms with Gasteiger partial charge in [0.05, 0.1) is 11.9 Å². The Morgan fingerprint density at radius 1 is 1.35 bits per heavy atom. The van der Waals surface area contributed by atoms with Crippen LogP contribution in [0.5, 0.6) is 0 Å². The molecule has 0 saturated heterocycles. The predicted octanol–water partition coefficient (Wildman–Crippen LogP) is 3.30. The molecular formula is C14H25FN2. The fraction of sp³-hybridized carbons (Fsp3) is 0.571. The molecule has 1 unspecified atom stereocenters. The van der Waals surface area contributed by atoms with E-state index >= 15 is 0 Å². The minimum Gasteiger partial charge on any atom is -0.384 e. The third-order valence-electron chi connectivity index (χ3n) is 2.50. The van der Waals surface area contributed by atoms with E-state index in [0.717, 1.165) is 18.4 Å². The Bertz CT molecular complexity index is 276. The first kappa shape index (κ1) is 15.9. The van der Waals surface area contributed by atoms with Crippen molar-refractivity contribution in [1.82, 2.24) is 10.6 Å². The fourth-order valence-corrected chi connectivity index (χ4v) is 1.66. The highest BCUT2D eigenvalue weighted by Gasteiger charge is 2.14. The first-order chi connectivity index (χ1) is 8.17. The summed E-state index contributed by atoms with van der Waals surface area (Å²) in [5.41, 5.74) is 0.805. The molecule has 0 aromatic heterocycles. The summed E-state index contributed by atoms with van der Waals surface area (Å²) in [6, 6.07) is 0.0685. The average molecular weight is 240 g/mol. The van der Waals surface area contributed by atoms with Crippen LogP contribution in [0.2, 0.25) is 0 Å². The van der Waals surface area contributed by atoms with Gasteiger partial charge in [-0.15, -0.1) is 0 Å². The zero-order valence-corrected chi connectivity index (χ0v) is 11.4. The highest BCUT2D eigenvalue weighted by Crippen LogP contribution is 2.14. The number of allylic oxidation sites excluding steroid dienone is 4. The Morgan fingerprint density at radius 3 is 2.53 bits per heavy atom. The molecule has 98 valence electrons. The van der Waals surface area contributed by atoms with Gasteiger partial charge in [0.25, 0.3) is 0 Å². The summed E-state index contributed by atoms with van der Waals surface area (Å²) in [7, 11) is 1.83. The number of rotatable bonds is 8. The van der Waals surface area contributed by atoms with E-state index in [4.69, 9.17) is 0 Å². The van der Waals surface area contributed by atoms with Crippen molar-refractivity contribution in [3.05, 3.63) is 35.8 Å². The molecule has 0 bridgehead atoms. The lowest BCUT2D eigenvalue weighted by atomic mass is 10.0. The smallest absolute Gasteiger partial charge is 0.0994 e. The number of nitrogens with one attached hydrogen (secondary N) is 2. The van der Waals surface area contributed by atoms with Crippen molar-refractivity contribution in [3.8, 4) is 0 Å². The molecule has 0 aliphatic heterocycles. The Balaban J connectivity index is 4.63. The molecule has 0 heterocycles. The quantitative estimate of drug-likeness (QED) is 0.636. The van der Waals surface area contributed by atoms with Gasteiger partial charge < -0.3 is 10.6 Å². The highest BCUT2D eigenvalue weighted by atomic mass is 19.1. The summed E-state index contributed by atoms with van der Waals surface area (Å²) in [5, 5.41) is 6.27. The second kappa shape index (κ2) is 10.1. The van der Waals surface area contributed by atoms with Gasteiger partial charge in [-0.25, -0.2) is 4.39 Å².